The Morgan fingerprint density at radius 1 is 1.42 bits per heavy atom. The molecule has 3 rings (SSSR count). The molecule has 0 saturated carbocycles. The number of hydrogen-bond acceptors (Lipinski definition) is 6. The average molecular weight is 348 g/mol. The van der Waals surface area contributed by atoms with Gasteiger partial charge in [0.05, 0.1) is 19.3 Å². The van der Waals surface area contributed by atoms with Gasteiger partial charge in [-0.15, -0.1) is 11.3 Å². The molecule has 0 spiro atoms. The Bertz CT molecular complexity index is 689. The molecule has 24 heavy (non-hydrogen) atoms. The summed E-state index contributed by atoms with van der Waals surface area (Å²) in [5.41, 5.74) is 7.45. The van der Waals surface area contributed by atoms with E-state index < -0.39 is 5.97 Å². The van der Waals surface area contributed by atoms with Crippen molar-refractivity contribution in [3.63, 3.8) is 0 Å². The van der Waals surface area contributed by atoms with Crippen molar-refractivity contribution < 1.29 is 19.4 Å². The quantitative estimate of drug-likeness (QED) is 0.798. The van der Waals surface area contributed by atoms with Gasteiger partial charge in [-0.25, -0.2) is 4.79 Å². The number of fused-ring (bicyclic) bond motifs is 1. The third-order valence-corrected chi connectivity index (χ3v) is 4.81. The van der Waals surface area contributed by atoms with Crippen LogP contribution >= 0.6 is 11.3 Å². The van der Waals surface area contributed by atoms with Crippen LogP contribution in [0.3, 0.4) is 0 Å². The summed E-state index contributed by atoms with van der Waals surface area (Å²) < 4.78 is 11.6. The van der Waals surface area contributed by atoms with Crippen molar-refractivity contribution in [2.45, 2.75) is 12.6 Å². The van der Waals surface area contributed by atoms with Gasteiger partial charge in [0.15, 0.2) is 5.75 Å². The molecular formula is C17H20N2O4S. The molecule has 1 aromatic carbocycles. The fraction of sp³-hybridized carbons (Fsp3) is 0.353. The third-order valence-electron chi connectivity index (χ3n) is 3.88. The van der Waals surface area contributed by atoms with Gasteiger partial charge in [-0.3, -0.25) is 0 Å². The number of aromatic carboxylic acids is 1. The predicted octanol–water partition coefficient (Wildman–Crippen LogP) is 2.19. The molecule has 0 bridgehead atoms. The largest absolute Gasteiger partial charge is 0.488 e. The molecule has 7 heteroatoms. The monoisotopic (exact) mass is 348 g/mol. The highest BCUT2D eigenvalue weighted by atomic mass is 32.1. The highest BCUT2D eigenvalue weighted by Gasteiger charge is 2.33. The summed E-state index contributed by atoms with van der Waals surface area (Å²) in [5, 5.41) is 11.1. The number of nitrogens with two attached hydrogens (primary N) is 1. The summed E-state index contributed by atoms with van der Waals surface area (Å²) in [6, 6.07) is 9.87. The van der Waals surface area contributed by atoms with Crippen molar-refractivity contribution in [2.24, 2.45) is 5.73 Å². The Morgan fingerprint density at radius 3 is 2.92 bits per heavy atom. The molecule has 1 aliphatic rings. The second kappa shape index (κ2) is 7.65. The number of carboxylic acids is 1. The minimum atomic E-state index is -0.947. The Labute approximate surface area is 144 Å². The molecule has 2 aromatic rings. The van der Waals surface area contributed by atoms with Crippen molar-refractivity contribution >= 4 is 23.0 Å². The van der Waals surface area contributed by atoms with Gasteiger partial charge in [0.2, 0.25) is 0 Å². The highest BCUT2D eigenvalue weighted by molar-refractivity contribution is 7.13. The molecule has 1 aromatic heterocycles. The van der Waals surface area contributed by atoms with Gasteiger partial charge < -0.3 is 25.2 Å². The first-order valence-corrected chi connectivity index (χ1v) is 8.64. The van der Waals surface area contributed by atoms with E-state index in [-0.39, 0.29) is 10.9 Å². The fourth-order valence-electron chi connectivity index (χ4n) is 2.78. The molecule has 0 radical (unpaired) electrons. The maximum atomic E-state index is 11.5. The summed E-state index contributed by atoms with van der Waals surface area (Å²) in [6.45, 7) is 2.41. The summed E-state index contributed by atoms with van der Waals surface area (Å²) in [5.74, 6) is -0.331. The molecule has 1 aliphatic heterocycles. The third kappa shape index (κ3) is 3.53. The fourth-order valence-corrected chi connectivity index (χ4v) is 3.61. The van der Waals surface area contributed by atoms with Crippen LogP contribution in [0.5, 0.6) is 5.75 Å². The van der Waals surface area contributed by atoms with E-state index in [1.54, 1.807) is 5.38 Å². The molecule has 0 aliphatic carbocycles. The standard InChI is InChI=1S/C17H20N2O4S/c18-6-7-19-13(9-22-8-12-4-2-1-3-5-12)10-23-14-11-24-16(15(14)19)17(20)21/h1-5,11,13H,6-10,18H2,(H,20,21)/t13-/m1/s1. The molecule has 2 heterocycles. The lowest BCUT2D eigenvalue weighted by molar-refractivity contribution is 0.0697. The van der Waals surface area contributed by atoms with Crippen molar-refractivity contribution in [2.75, 3.05) is 31.2 Å². The zero-order valence-electron chi connectivity index (χ0n) is 13.2. The molecule has 0 amide bonds. The van der Waals surface area contributed by atoms with Crippen LogP contribution in [0.1, 0.15) is 15.2 Å². The van der Waals surface area contributed by atoms with E-state index in [9.17, 15) is 9.90 Å². The topological polar surface area (TPSA) is 85.0 Å². The zero-order valence-corrected chi connectivity index (χ0v) is 14.0. The number of anilines is 1. The van der Waals surface area contributed by atoms with Crippen molar-refractivity contribution in [1.82, 2.24) is 0 Å². The van der Waals surface area contributed by atoms with Gasteiger partial charge in [-0.2, -0.15) is 0 Å². The molecular weight excluding hydrogens is 328 g/mol. The average Bonchev–Trinajstić information content (AvgIpc) is 3.02. The van der Waals surface area contributed by atoms with Crippen LogP contribution in [0.25, 0.3) is 0 Å². The minimum Gasteiger partial charge on any atom is -0.488 e. The van der Waals surface area contributed by atoms with Gasteiger partial charge in [0.1, 0.15) is 17.2 Å². The van der Waals surface area contributed by atoms with E-state index in [4.69, 9.17) is 15.2 Å². The maximum absolute atomic E-state index is 11.5. The van der Waals surface area contributed by atoms with Crippen LogP contribution in [-0.4, -0.2) is 43.4 Å². The Hall–Kier alpha value is -2.09. The van der Waals surface area contributed by atoms with Gasteiger partial charge in [-0.05, 0) is 5.56 Å². The Kier molecular flexibility index (Phi) is 5.34. The molecule has 1 atom stereocenters. The Morgan fingerprint density at radius 2 is 2.21 bits per heavy atom. The zero-order chi connectivity index (χ0) is 16.9. The lowest BCUT2D eigenvalue weighted by Gasteiger charge is -2.37. The number of rotatable bonds is 7. The van der Waals surface area contributed by atoms with Gasteiger partial charge in [0.25, 0.3) is 0 Å². The minimum absolute atomic E-state index is 0.0579. The molecule has 6 nitrogen and oxygen atoms in total. The van der Waals surface area contributed by atoms with E-state index in [2.05, 4.69) is 0 Å². The van der Waals surface area contributed by atoms with Gasteiger partial charge in [0, 0.05) is 18.5 Å². The van der Waals surface area contributed by atoms with E-state index in [0.29, 0.717) is 44.3 Å². The van der Waals surface area contributed by atoms with Crippen molar-refractivity contribution in [1.29, 1.82) is 0 Å². The van der Waals surface area contributed by atoms with Crippen molar-refractivity contribution in [3.05, 3.63) is 46.2 Å². The van der Waals surface area contributed by atoms with Crippen LogP contribution in [-0.2, 0) is 11.3 Å². The number of ether oxygens (including phenoxy) is 2. The second-order valence-electron chi connectivity index (χ2n) is 5.53. The van der Waals surface area contributed by atoms with Gasteiger partial charge >= 0.3 is 5.97 Å². The van der Waals surface area contributed by atoms with Crippen LogP contribution in [0.2, 0.25) is 0 Å². The summed E-state index contributed by atoms with van der Waals surface area (Å²) in [6.07, 6.45) is 0. The second-order valence-corrected chi connectivity index (χ2v) is 6.41. The van der Waals surface area contributed by atoms with Crippen molar-refractivity contribution in [3.8, 4) is 5.75 Å². The van der Waals surface area contributed by atoms with E-state index in [1.165, 1.54) is 11.3 Å². The number of hydrogen-bond donors (Lipinski definition) is 2. The predicted molar refractivity (Wildman–Crippen MR) is 93.1 cm³/mol. The first-order valence-electron chi connectivity index (χ1n) is 7.76. The summed E-state index contributed by atoms with van der Waals surface area (Å²) >= 11 is 1.18. The smallest absolute Gasteiger partial charge is 0.348 e. The van der Waals surface area contributed by atoms with Crippen LogP contribution in [0.4, 0.5) is 5.69 Å². The SMILES string of the molecule is NCCN1c2c(csc2C(=O)O)OC[C@H]1COCc1ccccc1. The number of thiophene rings is 1. The molecule has 3 N–H and O–H groups in total. The number of benzene rings is 1. The van der Waals surface area contributed by atoms with Crippen LogP contribution in [0.15, 0.2) is 35.7 Å². The lowest BCUT2D eigenvalue weighted by Crippen LogP contribution is -2.48. The van der Waals surface area contributed by atoms with Gasteiger partial charge in [-0.1, -0.05) is 30.3 Å². The first kappa shape index (κ1) is 16.8. The molecule has 0 fully saturated rings. The number of carbonyl (C=O) groups is 1. The molecule has 0 unspecified atom stereocenters. The number of nitrogens with zero attached hydrogens (tertiary/aromatic N) is 1. The highest BCUT2D eigenvalue weighted by Crippen LogP contribution is 2.41. The molecule has 128 valence electrons. The van der Waals surface area contributed by atoms with E-state index >= 15 is 0 Å². The van der Waals surface area contributed by atoms with Crippen LogP contribution in [0, 0.1) is 0 Å². The van der Waals surface area contributed by atoms with E-state index in [1.807, 2.05) is 35.2 Å². The van der Waals surface area contributed by atoms with Crippen LogP contribution < -0.4 is 15.4 Å². The maximum Gasteiger partial charge on any atom is 0.348 e. The summed E-state index contributed by atoms with van der Waals surface area (Å²) in [7, 11) is 0. The van der Waals surface area contributed by atoms with E-state index in [0.717, 1.165) is 5.56 Å². The summed E-state index contributed by atoms with van der Waals surface area (Å²) in [4.78, 5) is 13.7. The number of carboxylic acid groups (broad SMARTS) is 1. The molecule has 0 saturated heterocycles. The lowest BCUT2D eigenvalue weighted by atomic mass is 10.2. The first-order chi connectivity index (χ1) is 11.7. The normalized spacial score (nSPS) is 16.5. The Balaban J connectivity index is 1.71.